The highest BCUT2D eigenvalue weighted by molar-refractivity contribution is 8.00. The minimum atomic E-state index is 0.00497. The molecule has 0 fully saturated rings. The van der Waals surface area contributed by atoms with Crippen LogP contribution in [0.2, 0.25) is 0 Å². The Morgan fingerprint density at radius 3 is 2.71 bits per heavy atom. The van der Waals surface area contributed by atoms with E-state index in [4.69, 9.17) is 0 Å². The van der Waals surface area contributed by atoms with Crippen molar-refractivity contribution in [1.82, 2.24) is 15.3 Å². The quantitative estimate of drug-likeness (QED) is 0.827. The van der Waals surface area contributed by atoms with Crippen molar-refractivity contribution in [2.75, 3.05) is 24.7 Å². The van der Waals surface area contributed by atoms with Gasteiger partial charge < -0.3 is 10.2 Å². The van der Waals surface area contributed by atoms with Gasteiger partial charge in [-0.05, 0) is 18.2 Å². The van der Waals surface area contributed by atoms with Gasteiger partial charge in [-0.25, -0.2) is 4.98 Å². The van der Waals surface area contributed by atoms with E-state index in [9.17, 15) is 4.79 Å². The number of aromatic nitrogens is 2. The van der Waals surface area contributed by atoms with Crippen molar-refractivity contribution >= 4 is 23.5 Å². The lowest BCUT2D eigenvalue weighted by Gasteiger charge is -2.16. The Balaban J connectivity index is 1.84. The lowest BCUT2D eigenvalue weighted by Crippen LogP contribution is -2.26. The highest BCUT2D eigenvalue weighted by Gasteiger charge is 2.07. The Labute approximate surface area is 128 Å². The van der Waals surface area contributed by atoms with Crippen molar-refractivity contribution in [2.45, 2.75) is 11.4 Å². The number of nitrogens with one attached hydrogen (secondary N) is 1. The number of carbonyl (C=O) groups is 1. The Morgan fingerprint density at radius 1 is 1.24 bits per heavy atom. The maximum absolute atomic E-state index is 11.9. The fourth-order valence-corrected chi connectivity index (χ4v) is 2.51. The molecule has 5 nitrogen and oxygen atoms in total. The first kappa shape index (κ1) is 15.3. The molecule has 1 N–H and O–H groups in total. The van der Waals surface area contributed by atoms with Crippen LogP contribution in [0.3, 0.4) is 0 Å². The van der Waals surface area contributed by atoms with Crippen molar-refractivity contribution in [3.8, 4) is 0 Å². The normalized spacial score (nSPS) is 10.2. The second-order valence-corrected chi connectivity index (χ2v) is 5.68. The summed E-state index contributed by atoms with van der Waals surface area (Å²) < 4.78 is 0. The largest absolute Gasteiger partial charge is 0.362 e. The summed E-state index contributed by atoms with van der Waals surface area (Å²) >= 11 is 1.50. The molecule has 6 heteroatoms. The van der Waals surface area contributed by atoms with Gasteiger partial charge in [0.25, 0.3) is 0 Å². The number of rotatable bonds is 6. The van der Waals surface area contributed by atoms with Crippen LogP contribution >= 0.6 is 11.8 Å². The summed E-state index contributed by atoms with van der Waals surface area (Å²) in [5, 5.41) is 2.92. The summed E-state index contributed by atoms with van der Waals surface area (Å²) in [6.45, 7) is 0.483. The molecule has 0 atom stereocenters. The van der Waals surface area contributed by atoms with Crippen LogP contribution in [0.15, 0.2) is 47.8 Å². The molecule has 0 spiro atoms. The van der Waals surface area contributed by atoms with Gasteiger partial charge in [0, 0.05) is 49.7 Å². The van der Waals surface area contributed by atoms with E-state index in [1.165, 1.54) is 11.8 Å². The molecule has 2 aromatic rings. The molecular formula is C15H18N4OS. The number of hydrogen-bond acceptors (Lipinski definition) is 5. The van der Waals surface area contributed by atoms with Gasteiger partial charge in [0.05, 0.1) is 5.75 Å². The van der Waals surface area contributed by atoms with Crippen LogP contribution in [-0.2, 0) is 11.3 Å². The SMILES string of the molecule is CN(C)c1ncccc1CNC(=O)CSc1ccncc1. The van der Waals surface area contributed by atoms with Gasteiger partial charge in [-0.1, -0.05) is 6.07 Å². The number of amides is 1. The standard InChI is InChI=1S/C15H18N4OS/c1-19(2)15-12(4-3-7-17-15)10-18-14(20)11-21-13-5-8-16-9-6-13/h3-9H,10-11H2,1-2H3,(H,18,20). The molecule has 0 radical (unpaired) electrons. The summed E-state index contributed by atoms with van der Waals surface area (Å²) in [6.07, 6.45) is 5.19. The molecule has 0 saturated heterocycles. The molecule has 2 heterocycles. The molecule has 0 aromatic carbocycles. The van der Waals surface area contributed by atoms with Crippen molar-refractivity contribution in [2.24, 2.45) is 0 Å². The van der Waals surface area contributed by atoms with Crippen molar-refractivity contribution in [1.29, 1.82) is 0 Å². The molecule has 110 valence electrons. The van der Waals surface area contributed by atoms with Crippen LogP contribution < -0.4 is 10.2 Å². The van der Waals surface area contributed by atoms with E-state index >= 15 is 0 Å². The predicted molar refractivity (Wildman–Crippen MR) is 85.4 cm³/mol. The number of anilines is 1. The Kier molecular flexibility index (Phi) is 5.57. The number of hydrogen-bond donors (Lipinski definition) is 1. The number of nitrogens with zero attached hydrogens (tertiary/aromatic N) is 3. The maximum atomic E-state index is 11.9. The van der Waals surface area contributed by atoms with Crippen LogP contribution in [0.4, 0.5) is 5.82 Å². The second kappa shape index (κ2) is 7.64. The minimum absolute atomic E-state index is 0.00497. The van der Waals surface area contributed by atoms with E-state index < -0.39 is 0 Å². The third-order valence-electron chi connectivity index (χ3n) is 2.79. The second-order valence-electron chi connectivity index (χ2n) is 4.63. The van der Waals surface area contributed by atoms with Gasteiger partial charge in [0.2, 0.25) is 5.91 Å². The average Bonchev–Trinajstić information content (AvgIpc) is 2.52. The number of carbonyl (C=O) groups excluding carboxylic acids is 1. The lowest BCUT2D eigenvalue weighted by molar-refractivity contribution is -0.118. The van der Waals surface area contributed by atoms with Crippen LogP contribution in [0.25, 0.3) is 0 Å². The zero-order valence-corrected chi connectivity index (χ0v) is 12.9. The van der Waals surface area contributed by atoms with Gasteiger partial charge in [0.1, 0.15) is 5.82 Å². The Hall–Kier alpha value is -2.08. The molecule has 0 saturated carbocycles. The predicted octanol–water partition coefficient (Wildman–Crippen LogP) is 1.95. The first-order chi connectivity index (χ1) is 10.2. The first-order valence-electron chi connectivity index (χ1n) is 6.57. The van der Waals surface area contributed by atoms with Crippen LogP contribution in [0, 0.1) is 0 Å². The van der Waals surface area contributed by atoms with Gasteiger partial charge in [-0.15, -0.1) is 11.8 Å². The summed E-state index contributed by atoms with van der Waals surface area (Å²) in [5.41, 5.74) is 1.00. The van der Waals surface area contributed by atoms with Crippen LogP contribution in [0.1, 0.15) is 5.56 Å². The summed E-state index contributed by atoms with van der Waals surface area (Å²) in [7, 11) is 3.87. The molecule has 0 bridgehead atoms. The van der Waals surface area contributed by atoms with Gasteiger partial charge >= 0.3 is 0 Å². The van der Waals surface area contributed by atoms with Crippen molar-refractivity contribution in [3.05, 3.63) is 48.4 Å². The Bertz CT molecular complexity index is 589. The van der Waals surface area contributed by atoms with E-state index in [-0.39, 0.29) is 5.91 Å². The maximum Gasteiger partial charge on any atom is 0.230 e. The van der Waals surface area contributed by atoms with Crippen molar-refractivity contribution in [3.63, 3.8) is 0 Å². The summed E-state index contributed by atoms with van der Waals surface area (Å²) in [6, 6.07) is 7.63. The van der Waals surface area contributed by atoms with E-state index in [2.05, 4.69) is 15.3 Å². The van der Waals surface area contributed by atoms with Crippen LogP contribution in [0.5, 0.6) is 0 Å². The fraction of sp³-hybridized carbons (Fsp3) is 0.267. The topological polar surface area (TPSA) is 58.1 Å². The molecule has 21 heavy (non-hydrogen) atoms. The molecule has 0 aliphatic carbocycles. The van der Waals surface area contributed by atoms with E-state index in [1.807, 2.05) is 43.3 Å². The minimum Gasteiger partial charge on any atom is -0.362 e. The van der Waals surface area contributed by atoms with Gasteiger partial charge in [-0.3, -0.25) is 9.78 Å². The Morgan fingerprint density at radius 2 is 2.00 bits per heavy atom. The summed E-state index contributed by atoms with van der Waals surface area (Å²) in [4.78, 5) is 23.1. The molecule has 1 amide bonds. The molecular weight excluding hydrogens is 284 g/mol. The van der Waals surface area contributed by atoms with E-state index in [0.717, 1.165) is 16.3 Å². The zero-order chi connectivity index (χ0) is 15.1. The van der Waals surface area contributed by atoms with E-state index in [0.29, 0.717) is 12.3 Å². The zero-order valence-electron chi connectivity index (χ0n) is 12.1. The van der Waals surface area contributed by atoms with Gasteiger partial charge in [0.15, 0.2) is 0 Å². The lowest BCUT2D eigenvalue weighted by atomic mass is 10.2. The van der Waals surface area contributed by atoms with E-state index in [1.54, 1.807) is 18.6 Å². The molecule has 2 rings (SSSR count). The molecule has 0 aliphatic rings. The van der Waals surface area contributed by atoms with Crippen molar-refractivity contribution < 1.29 is 4.79 Å². The smallest absolute Gasteiger partial charge is 0.230 e. The molecule has 0 aliphatic heterocycles. The third-order valence-corrected chi connectivity index (χ3v) is 3.80. The van der Waals surface area contributed by atoms with Crippen LogP contribution in [-0.4, -0.2) is 35.7 Å². The van der Waals surface area contributed by atoms with Gasteiger partial charge in [-0.2, -0.15) is 0 Å². The molecule has 0 unspecified atom stereocenters. The number of pyridine rings is 2. The molecule has 2 aromatic heterocycles. The third kappa shape index (κ3) is 4.75. The highest BCUT2D eigenvalue weighted by Crippen LogP contribution is 2.16. The highest BCUT2D eigenvalue weighted by atomic mass is 32.2. The number of thioether (sulfide) groups is 1. The average molecular weight is 302 g/mol. The first-order valence-corrected chi connectivity index (χ1v) is 7.56. The summed E-state index contributed by atoms with van der Waals surface area (Å²) in [5.74, 6) is 1.27. The monoisotopic (exact) mass is 302 g/mol. The fourth-order valence-electron chi connectivity index (χ4n) is 1.80.